The van der Waals surface area contributed by atoms with Crippen LogP contribution >= 0.6 is 22.7 Å². The van der Waals surface area contributed by atoms with E-state index in [-0.39, 0.29) is 5.91 Å². The van der Waals surface area contributed by atoms with Crippen molar-refractivity contribution in [2.24, 2.45) is 0 Å². The van der Waals surface area contributed by atoms with Crippen molar-refractivity contribution >= 4 is 28.6 Å². The molecule has 4 rings (SSSR count). The second-order valence-corrected chi connectivity index (χ2v) is 9.04. The number of amides is 1. The molecule has 6 heteroatoms. The van der Waals surface area contributed by atoms with Crippen LogP contribution in [0.5, 0.6) is 0 Å². The lowest BCUT2D eigenvalue weighted by Gasteiger charge is -2.34. The van der Waals surface area contributed by atoms with Crippen LogP contribution in [0.25, 0.3) is 10.6 Å². The van der Waals surface area contributed by atoms with E-state index in [1.807, 2.05) is 24.0 Å². The molecule has 3 heterocycles. The van der Waals surface area contributed by atoms with Crippen molar-refractivity contribution in [2.75, 3.05) is 26.2 Å². The molecule has 0 spiro atoms. The molecule has 0 saturated carbocycles. The van der Waals surface area contributed by atoms with Crippen molar-refractivity contribution < 1.29 is 4.79 Å². The Morgan fingerprint density at radius 1 is 1.07 bits per heavy atom. The molecule has 1 aromatic carbocycles. The first-order valence-electron chi connectivity index (χ1n) is 9.23. The number of aryl methyl sites for hydroxylation is 1. The van der Waals surface area contributed by atoms with Crippen molar-refractivity contribution in [3.8, 4) is 10.6 Å². The maximum absolute atomic E-state index is 12.9. The van der Waals surface area contributed by atoms with Crippen LogP contribution in [0.1, 0.15) is 15.4 Å². The second kappa shape index (κ2) is 8.33. The highest BCUT2D eigenvalue weighted by Gasteiger charge is 2.23. The second-order valence-electron chi connectivity index (χ2n) is 6.80. The predicted octanol–water partition coefficient (Wildman–Crippen LogP) is 4.07. The molecule has 4 nitrogen and oxygen atoms in total. The molecule has 2 aromatic heterocycles. The van der Waals surface area contributed by atoms with Gasteiger partial charge in [-0.1, -0.05) is 36.4 Å². The van der Waals surface area contributed by atoms with Crippen molar-refractivity contribution in [2.45, 2.75) is 19.9 Å². The molecular formula is C21H23N3OS2. The van der Waals surface area contributed by atoms with Gasteiger partial charge in [-0.25, -0.2) is 4.98 Å². The van der Waals surface area contributed by atoms with E-state index in [1.54, 1.807) is 22.7 Å². The van der Waals surface area contributed by atoms with Crippen LogP contribution in [0.3, 0.4) is 0 Å². The number of aromatic nitrogens is 1. The van der Waals surface area contributed by atoms with Gasteiger partial charge in [0.05, 0.1) is 22.0 Å². The minimum atomic E-state index is 0.218. The van der Waals surface area contributed by atoms with Crippen LogP contribution in [0, 0.1) is 6.92 Å². The van der Waals surface area contributed by atoms with Gasteiger partial charge < -0.3 is 4.90 Å². The summed E-state index contributed by atoms with van der Waals surface area (Å²) in [4.78, 5) is 24.2. The smallest absolute Gasteiger partial charge is 0.227 e. The maximum Gasteiger partial charge on any atom is 0.227 e. The third kappa shape index (κ3) is 4.46. The molecule has 0 aliphatic carbocycles. The van der Waals surface area contributed by atoms with Gasteiger partial charge in [-0.15, -0.1) is 22.7 Å². The Labute approximate surface area is 168 Å². The van der Waals surface area contributed by atoms with Gasteiger partial charge >= 0.3 is 0 Å². The van der Waals surface area contributed by atoms with E-state index in [4.69, 9.17) is 0 Å². The van der Waals surface area contributed by atoms with Crippen molar-refractivity contribution in [1.82, 2.24) is 14.8 Å². The first-order chi connectivity index (χ1) is 13.2. The lowest BCUT2D eigenvalue weighted by molar-refractivity contribution is -0.132. The summed E-state index contributed by atoms with van der Waals surface area (Å²) in [5.74, 6) is 0.218. The fourth-order valence-corrected chi connectivity index (χ4v) is 5.19. The minimum absolute atomic E-state index is 0.218. The van der Waals surface area contributed by atoms with Gasteiger partial charge in [0, 0.05) is 37.6 Å². The molecule has 1 amide bonds. The summed E-state index contributed by atoms with van der Waals surface area (Å²) < 4.78 is 0. The highest BCUT2D eigenvalue weighted by atomic mass is 32.1. The van der Waals surface area contributed by atoms with Crippen LogP contribution in [0.4, 0.5) is 0 Å². The van der Waals surface area contributed by atoms with Gasteiger partial charge in [-0.2, -0.15) is 0 Å². The van der Waals surface area contributed by atoms with E-state index in [0.29, 0.717) is 6.42 Å². The minimum Gasteiger partial charge on any atom is -0.340 e. The highest BCUT2D eigenvalue weighted by molar-refractivity contribution is 7.15. The molecule has 3 aromatic rings. The normalized spacial score (nSPS) is 15.2. The molecule has 1 aliphatic rings. The van der Waals surface area contributed by atoms with Crippen LogP contribution in [-0.4, -0.2) is 46.9 Å². The van der Waals surface area contributed by atoms with Gasteiger partial charge in [-0.05, 0) is 23.9 Å². The lowest BCUT2D eigenvalue weighted by Crippen LogP contribution is -2.48. The number of piperazine rings is 1. The Balaban J connectivity index is 1.35. The Hall–Kier alpha value is -2.02. The topological polar surface area (TPSA) is 36.4 Å². The number of nitrogens with zero attached hydrogens (tertiary/aromatic N) is 3. The number of thiophene rings is 1. The van der Waals surface area contributed by atoms with E-state index in [9.17, 15) is 4.79 Å². The Morgan fingerprint density at radius 2 is 1.85 bits per heavy atom. The number of carbonyl (C=O) groups excluding carboxylic acids is 1. The maximum atomic E-state index is 12.9. The molecule has 1 fully saturated rings. The lowest BCUT2D eigenvalue weighted by atomic mass is 10.2. The third-order valence-corrected chi connectivity index (χ3v) is 6.69. The predicted molar refractivity (Wildman–Crippen MR) is 112 cm³/mol. The van der Waals surface area contributed by atoms with E-state index in [0.717, 1.165) is 53.2 Å². The van der Waals surface area contributed by atoms with Crippen LogP contribution < -0.4 is 0 Å². The van der Waals surface area contributed by atoms with E-state index >= 15 is 0 Å². The summed E-state index contributed by atoms with van der Waals surface area (Å²) >= 11 is 3.32. The Morgan fingerprint density at radius 3 is 2.56 bits per heavy atom. The number of hydrogen-bond donors (Lipinski definition) is 0. The molecule has 1 aliphatic heterocycles. The third-order valence-electron chi connectivity index (χ3n) is 4.84. The fraction of sp³-hybridized carbons (Fsp3) is 0.333. The van der Waals surface area contributed by atoms with Crippen LogP contribution in [0.15, 0.2) is 47.8 Å². The largest absolute Gasteiger partial charge is 0.340 e. The zero-order valence-electron chi connectivity index (χ0n) is 15.4. The highest BCUT2D eigenvalue weighted by Crippen LogP contribution is 2.31. The molecule has 140 valence electrons. The monoisotopic (exact) mass is 397 g/mol. The molecule has 0 bridgehead atoms. The van der Waals surface area contributed by atoms with Crippen LogP contribution in [-0.2, 0) is 17.8 Å². The van der Waals surface area contributed by atoms with E-state index < -0.39 is 0 Å². The van der Waals surface area contributed by atoms with Gasteiger partial charge in [-0.3, -0.25) is 9.69 Å². The van der Waals surface area contributed by atoms with Gasteiger partial charge in [0.25, 0.3) is 0 Å². The quantitative estimate of drug-likeness (QED) is 0.651. The summed E-state index contributed by atoms with van der Waals surface area (Å²) in [6, 6.07) is 14.6. The Bertz CT molecular complexity index is 882. The molecule has 0 N–H and O–H groups in total. The molecule has 1 saturated heterocycles. The van der Waals surface area contributed by atoms with Gasteiger partial charge in [0.15, 0.2) is 0 Å². The number of benzene rings is 1. The first kappa shape index (κ1) is 18.3. The average Bonchev–Trinajstić information content (AvgIpc) is 3.33. The van der Waals surface area contributed by atoms with E-state index in [1.165, 1.54) is 5.56 Å². The number of carbonyl (C=O) groups is 1. The summed E-state index contributed by atoms with van der Waals surface area (Å²) in [5, 5.41) is 3.08. The summed E-state index contributed by atoms with van der Waals surface area (Å²) in [7, 11) is 0. The number of rotatable bonds is 5. The number of thiazole rings is 1. The molecule has 0 atom stereocenters. The van der Waals surface area contributed by atoms with Gasteiger partial charge in [0.2, 0.25) is 5.91 Å². The van der Waals surface area contributed by atoms with Crippen molar-refractivity contribution in [3.63, 3.8) is 0 Å². The summed E-state index contributed by atoms with van der Waals surface area (Å²) in [6.45, 7) is 6.44. The summed E-state index contributed by atoms with van der Waals surface area (Å²) in [6.07, 6.45) is 0.456. The zero-order valence-corrected chi connectivity index (χ0v) is 17.1. The van der Waals surface area contributed by atoms with Gasteiger partial charge in [0.1, 0.15) is 0 Å². The SMILES string of the molecule is Cc1nc(-c2cccs2)c(CC(=O)N2CCN(Cc3ccccc3)CC2)s1. The molecule has 27 heavy (non-hydrogen) atoms. The average molecular weight is 398 g/mol. The zero-order chi connectivity index (χ0) is 18.6. The first-order valence-corrected chi connectivity index (χ1v) is 10.9. The molecule has 0 unspecified atom stereocenters. The standard InChI is InChI=1S/C21H23N3OS2/c1-16-22-21(18-8-5-13-26-18)19(27-16)14-20(25)24-11-9-23(10-12-24)15-17-6-3-2-4-7-17/h2-8,13H,9-12,14-15H2,1H3. The van der Waals surface area contributed by atoms with Crippen LogP contribution in [0.2, 0.25) is 0 Å². The van der Waals surface area contributed by atoms with Crippen molar-refractivity contribution in [3.05, 3.63) is 63.3 Å². The Kier molecular flexibility index (Phi) is 5.66. The van der Waals surface area contributed by atoms with E-state index in [2.05, 4.69) is 45.6 Å². The van der Waals surface area contributed by atoms with Crippen molar-refractivity contribution in [1.29, 1.82) is 0 Å². The molecule has 0 radical (unpaired) electrons. The fourth-order valence-electron chi connectivity index (χ4n) is 3.44. The molecular weight excluding hydrogens is 374 g/mol. The number of hydrogen-bond acceptors (Lipinski definition) is 5. The summed E-state index contributed by atoms with van der Waals surface area (Å²) in [5.41, 5.74) is 2.32.